The average Bonchev–Trinajstić information content (AvgIpc) is 3.10. The average molecular weight is 286 g/mol. The molecule has 3 N–H and O–H groups in total. The van der Waals surface area contributed by atoms with Crippen molar-refractivity contribution in [1.29, 1.82) is 0 Å². The first kappa shape index (κ1) is 11.9. The van der Waals surface area contributed by atoms with E-state index in [4.69, 9.17) is 15.6 Å². The first-order chi connectivity index (χ1) is 7.70. The van der Waals surface area contributed by atoms with E-state index >= 15 is 0 Å². The summed E-state index contributed by atoms with van der Waals surface area (Å²) in [4.78, 5) is 0. The van der Waals surface area contributed by atoms with Gasteiger partial charge in [-0.2, -0.15) is 0 Å². The Bertz CT molecular complexity index is 366. The van der Waals surface area contributed by atoms with Gasteiger partial charge < -0.3 is 15.6 Å². The fourth-order valence-corrected chi connectivity index (χ4v) is 1.91. The largest absolute Gasteiger partial charge is 0.493 e. The first-order valence-electron chi connectivity index (χ1n) is 5.49. The number of aliphatic hydroxyl groups is 1. The highest BCUT2D eigenvalue weighted by Crippen LogP contribution is 2.32. The van der Waals surface area contributed by atoms with E-state index in [1.807, 2.05) is 18.2 Å². The molecular formula is C12H16BrNO2. The maximum atomic E-state index is 9.10. The molecule has 1 saturated carbocycles. The van der Waals surface area contributed by atoms with Crippen LogP contribution in [0, 0.1) is 5.92 Å². The zero-order valence-electron chi connectivity index (χ0n) is 9.03. The number of hydrogen-bond acceptors (Lipinski definition) is 3. The van der Waals surface area contributed by atoms with Crippen LogP contribution in [0.15, 0.2) is 22.7 Å². The highest BCUT2D eigenvalue weighted by molar-refractivity contribution is 9.10. The topological polar surface area (TPSA) is 55.5 Å². The maximum absolute atomic E-state index is 9.10. The van der Waals surface area contributed by atoms with Gasteiger partial charge in [-0.15, -0.1) is 0 Å². The predicted molar refractivity (Wildman–Crippen MR) is 66.4 cm³/mol. The second-order valence-electron chi connectivity index (χ2n) is 4.23. The molecule has 0 aromatic heterocycles. The number of hydrogen-bond donors (Lipinski definition) is 2. The smallest absolute Gasteiger partial charge is 0.124 e. The molecule has 0 saturated heterocycles. The number of nitrogens with two attached hydrogens (primary N) is 1. The minimum atomic E-state index is -0.383. The number of benzene rings is 1. The van der Waals surface area contributed by atoms with Crippen molar-refractivity contribution in [1.82, 2.24) is 0 Å². The Hall–Kier alpha value is -0.580. The summed E-state index contributed by atoms with van der Waals surface area (Å²) in [7, 11) is 0. The van der Waals surface area contributed by atoms with Crippen LogP contribution in [0.25, 0.3) is 0 Å². The van der Waals surface area contributed by atoms with E-state index in [-0.39, 0.29) is 12.6 Å². The summed E-state index contributed by atoms with van der Waals surface area (Å²) in [6.45, 7) is 0.684. The number of halogens is 1. The minimum absolute atomic E-state index is 0.0732. The Morgan fingerprint density at radius 3 is 2.88 bits per heavy atom. The van der Waals surface area contributed by atoms with E-state index in [0.717, 1.165) is 22.4 Å². The van der Waals surface area contributed by atoms with Crippen LogP contribution in [0.1, 0.15) is 24.4 Å². The van der Waals surface area contributed by atoms with E-state index in [1.54, 1.807) is 0 Å². The van der Waals surface area contributed by atoms with Crippen molar-refractivity contribution in [3.63, 3.8) is 0 Å². The van der Waals surface area contributed by atoms with E-state index in [0.29, 0.717) is 5.92 Å². The van der Waals surface area contributed by atoms with E-state index in [1.165, 1.54) is 12.8 Å². The molecule has 1 unspecified atom stereocenters. The molecule has 2 rings (SSSR count). The second-order valence-corrected chi connectivity index (χ2v) is 5.14. The fourth-order valence-electron chi connectivity index (χ4n) is 1.53. The Morgan fingerprint density at radius 2 is 2.25 bits per heavy atom. The van der Waals surface area contributed by atoms with E-state index in [2.05, 4.69) is 15.9 Å². The van der Waals surface area contributed by atoms with Gasteiger partial charge in [0.05, 0.1) is 19.3 Å². The van der Waals surface area contributed by atoms with Gasteiger partial charge in [-0.1, -0.05) is 15.9 Å². The van der Waals surface area contributed by atoms with E-state index in [9.17, 15) is 0 Å². The van der Waals surface area contributed by atoms with Gasteiger partial charge in [-0.3, -0.25) is 0 Å². The zero-order valence-corrected chi connectivity index (χ0v) is 10.6. The summed E-state index contributed by atoms with van der Waals surface area (Å²) >= 11 is 3.39. The summed E-state index contributed by atoms with van der Waals surface area (Å²) in [6.07, 6.45) is 2.52. The third-order valence-electron chi connectivity index (χ3n) is 2.74. The quantitative estimate of drug-likeness (QED) is 0.872. The van der Waals surface area contributed by atoms with Crippen molar-refractivity contribution in [2.75, 3.05) is 13.2 Å². The van der Waals surface area contributed by atoms with Crippen LogP contribution in [0.2, 0.25) is 0 Å². The van der Waals surface area contributed by atoms with Crippen LogP contribution in [-0.2, 0) is 0 Å². The van der Waals surface area contributed by atoms with Gasteiger partial charge in [0.2, 0.25) is 0 Å². The lowest BCUT2D eigenvalue weighted by atomic mass is 10.1. The molecular weight excluding hydrogens is 270 g/mol. The van der Waals surface area contributed by atoms with Crippen LogP contribution >= 0.6 is 15.9 Å². The lowest BCUT2D eigenvalue weighted by Gasteiger charge is -2.15. The fraction of sp³-hybridized carbons (Fsp3) is 0.500. The molecule has 1 aromatic rings. The Kier molecular flexibility index (Phi) is 3.84. The number of aliphatic hydroxyl groups excluding tert-OH is 1. The van der Waals surface area contributed by atoms with Crippen LogP contribution in [0.3, 0.4) is 0 Å². The Morgan fingerprint density at radius 1 is 1.50 bits per heavy atom. The van der Waals surface area contributed by atoms with Crippen molar-refractivity contribution in [2.45, 2.75) is 18.9 Å². The molecule has 0 amide bonds. The molecule has 3 nitrogen and oxygen atoms in total. The van der Waals surface area contributed by atoms with Crippen molar-refractivity contribution in [2.24, 2.45) is 11.7 Å². The first-order valence-corrected chi connectivity index (χ1v) is 6.28. The van der Waals surface area contributed by atoms with Crippen LogP contribution < -0.4 is 10.5 Å². The van der Waals surface area contributed by atoms with Crippen molar-refractivity contribution in [3.05, 3.63) is 28.2 Å². The van der Waals surface area contributed by atoms with Gasteiger partial charge in [-0.25, -0.2) is 0 Å². The van der Waals surface area contributed by atoms with Gasteiger partial charge >= 0.3 is 0 Å². The van der Waals surface area contributed by atoms with Crippen molar-refractivity contribution in [3.8, 4) is 5.75 Å². The van der Waals surface area contributed by atoms with Gasteiger partial charge in [0, 0.05) is 10.0 Å². The molecule has 16 heavy (non-hydrogen) atoms. The van der Waals surface area contributed by atoms with Gasteiger partial charge in [-0.05, 0) is 37.0 Å². The second kappa shape index (κ2) is 5.17. The third kappa shape index (κ3) is 2.97. The molecule has 0 radical (unpaired) electrons. The standard InChI is InChI=1S/C12H16BrNO2/c13-9-3-4-12(16-7-8-1-2-8)10(5-9)11(14)6-15/h3-5,8,11,15H,1-2,6-7,14H2. The van der Waals surface area contributed by atoms with Crippen molar-refractivity contribution >= 4 is 15.9 Å². The molecule has 4 heteroatoms. The monoisotopic (exact) mass is 285 g/mol. The van der Waals surface area contributed by atoms with Crippen LogP contribution in [-0.4, -0.2) is 18.3 Å². The molecule has 1 atom stereocenters. The molecule has 1 aromatic carbocycles. The normalized spacial score (nSPS) is 17.2. The molecule has 1 aliphatic carbocycles. The van der Waals surface area contributed by atoms with Gasteiger partial charge in [0.15, 0.2) is 0 Å². The summed E-state index contributed by atoms with van der Waals surface area (Å²) in [5.74, 6) is 1.50. The Balaban J connectivity index is 2.13. The minimum Gasteiger partial charge on any atom is -0.493 e. The molecule has 0 bridgehead atoms. The summed E-state index contributed by atoms with van der Waals surface area (Å²) in [5, 5.41) is 9.10. The molecule has 0 aliphatic heterocycles. The highest BCUT2D eigenvalue weighted by atomic mass is 79.9. The third-order valence-corrected chi connectivity index (χ3v) is 3.23. The SMILES string of the molecule is NC(CO)c1cc(Br)ccc1OCC1CC1. The van der Waals surface area contributed by atoms with Gasteiger partial charge in [0.1, 0.15) is 5.75 Å². The van der Waals surface area contributed by atoms with Crippen LogP contribution in [0.5, 0.6) is 5.75 Å². The summed E-state index contributed by atoms with van der Waals surface area (Å²) in [6, 6.07) is 5.35. The number of rotatable bonds is 5. The maximum Gasteiger partial charge on any atom is 0.124 e. The molecule has 0 heterocycles. The van der Waals surface area contributed by atoms with E-state index < -0.39 is 0 Å². The molecule has 1 fully saturated rings. The summed E-state index contributed by atoms with van der Waals surface area (Å²) < 4.78 is 6.68. The van der Waals surface area contributed by atoms with Crippen molar-refractivity contribution < 1.29 is 9.84 Å². The summed E-state index contributed by atoms with van der Waals surface area (Å²) in [5.41, 5.74) is 6.69. The lowest BCUT2D eigenvalue weighted by molar-refractivity contribution is 0.257. The molecule has 88 valence electrons. The zero-order chi connectivity index (χ0) is 11.5. The van der Waals surface area contributed by atoms with Gasteiger partial charge in [0.25, 0.3) is 0 Å². The molecule has 1 aliphatic rings. The molecule has 0 spiro atoms. The Labute approximate surface area is 104 Å². The predicted octanol–water partition coefficient (Wildman–Crippen LogP) is 2.23. The highest BCUT2D eigenvalue weighted by Gasteiger charge is 2.22. The lowest BCUT2D eigenvalue weighted by Crippen LogP contribution is -2.16. The van der Waals surface area contributed by atoms with Crippen LogP contribution in [0.4, 0.5) is 0 Å². The number of ether oxygens (including phenoxy) is 1.